The lowest BCUT2D eigenvalue weighted by molar-refractivity contribution is 0.164. The van der Waals surface area contributed by atoms with Crippen LogP contribution in [0.25, 0.3) is 5.65 Å². The monoisotopic (exact) mass is 294 g/mol. The molecule has 5 rings (SSSR count). The molecule has 0 spiro atoms. The van der Waals surface area contributed by atoms with Gasteiger partial charge < -0.3 is 4.42 Å². The third-order valence-electron chi connectivity index (χ3n) is 5.11. The van der Waals surface area contributed by atoms with E-state index in [1.807, 2.05) is 13.2 Å². The van der Waals surface area contributed by atoms with Crippen molar-refractivity contribution < 1.29 is 4.42 Å². The molecule has 1 fully saturated rings. The normalized spacial score (nSPS) is 24.0. The van der Waals surface area contributed by atoms with Gasteiger partial charge in [0.15, 0.2) is 5.65 Å². The molecule has 0 aromatic carbocycles. The second-order valence-electron chi connectivity index (χ2n) is 6.47. The number of hydrogen-bond donors (Lipinski definition) is 0. The third-order valence-corrected chi connectivity index (χ3v) is 5.11. The summed E-state index contributed by atoms with van der Waals surface area (Å²) in [5.74, 6) is 0. The summed E-state index contributed by atoms with van der Waals surface area (Å²) < 4.78 is 7.28. The van der Waals surface area contributed by atoms with Gasteiger partial charge in [-0.2, -0.15) is 5.10 Å². The first-order valence-electron chi connectivity index (χ1n) is 7.90. The Bertz CT molecular complexity index is 836. The lowest BCUT2D eigenvalue weighted by atomic mass is 9.98. The minimum absolute atomic E-state index is 0.463. The number of aromatic nitrogens is 3. The zero-order valence-electron chi connectivity index (χ0n) is 12.6. The van der Waals surface area contributed by atoms with E-state index >= 15 is 0 Å². The van der Waals surface area contributed by atoms with Crippen LogP contribution in [-0.2, 0) is 13.0 Å². The van der Waals surface area contributed by atoms with Gasteiger partial charge in [0.1, 0.15) is 0 Å². The van der Waals surface area contributed by atoms with Crippen LogP contribution in [0.15, 0.2) is 35.3 Å². The van der Waals surface area contributed by atoms with Gasteiger partial charge in [0, 0.05) is 48.4 Å². The maximum absolute atomic E-state index is 5.22. The van der Waals surface area contributed by atoms with Gasteiger partial charge in [-0.25, -0.2) is 9.50 Å². The van der Waals surface area contributed by atoms with Crippen molar-refractivity contribution in [3.05, 3.63) is 53.4 Å². The second-order valence-corrected chi connectivity index (χ2v) is 6.47. The van der Waals surface area contributed by atoms with Crippen LogP contribution in [-0.4, -0.2) is 25.5 Å². The molecular weight excluding hydrogens is 276 g/mol. The quantitative estimate of drug-likeness (QED) is 0.729. The van der Waals surface area contributed by atoms with Gasteiger partial charge >= 0.3 is 0 Å². The number of hydrogen-bond acceptors (Lipinski definition) is 4. The van der Waals surface area contributed by atoms with E-state index in [2.05, 4.69) is 37.8 Å². The Morgan fingerprint density at radius 1 is 1.36 bits per heavy atom. The van der Waals surface area contributed by atoms with E-state index in [-0.39, 0.29) is 0 Å². The van der Waals surface area contributed by atoms with Crippen molar-refractivity contribution in [2.75, 3.05) is 0 Å². The van der Waals surface area contributed by atoms with Gasteiger partial charge in [-0.05, 0) is 25.8 Å². The van der Waals surface area contributed by atoms with Gasteiger partial charge in [0.2, 0.25) is 0 Å². The van der Waals surface area contributed by atoms with E-state index in [0.29, 0.717) is 12.1 Å². The molecular formula is C17H18N4O. The molecule has 0 saturated carbocycles. The number of fused-ring (bicyclic) bond motifs is 6. The number of rotatable bonds is 2. The average molecular weight is 294 g/mol. The summed E-state index contributed by atoms with van der Waals surface area (Å²) in [5, 5.41) is 4.64. The number of aryl methyl sites for hydroxylation is 1. The summed E-state index contributed by atoms with van der Waals surface area (Å²) in [6.45, 7) is 2.99. The predicted molar refractivity (Wildman–Crippen MR) is 81.4 cm³/mol. The summed E-state index contributed by atoms with van der Waals surface area (Å²) in [4.78, 5) is 7.23. The Hall–Kier alpha value is -2.14. The fraction of sp³-hybridized carbons (Fsp3) is 0.412. The summed E-state index contributed by atoms with van der Waals surface area (Å²) in [6, 6.07) is 5.18. The first-order chi connectivity index (χ1) is 10.8. The highest BCUT2D eigenvalue weighted by molar-refractivity contribution is 5.44. The molecule has 2 aliphatic rings. The fourth-order valence-electron chi connectivity index (χ4n) is 4.14. The molecule has 0 unspecified atom stereocenters. The third kappa shape index (κ3) is 1.69. The van der Waals surface area contributed by atoms with E-state index in [1.165, 1.54) is 29.7 Å². The first kappa shape index (κ1) is 12.4. The smallest absolute Gasteiger partial charge is 0.155 e. The van der Waals surface area contributed by atoms with E-state index in [4.69, 9.17) is 4.42 Å². The van der Waals surface area contributed by atoms with Crippen LogP contribution < -0.4 is 0 Å². The van der Waals surface area contributed by atoms with Crippen molar-refractivity contribution in [2.45, 2.75) is 44.8 Å². The van der Waals surface area contributed by atoms with E-state index in [1.54, 1.807) is 6.26 Å². The highest BCUT2D eigenvalue weighted by Crippen LogP contribution is 2.44. The van der Waals surface area contributed by atoms with Crippen LogP contribution in [0.2, 0.25) is 0 Å². The van der Waals surface area contributed by atoms with Crippen molar-refractivity contribution in [2.24, 2.45) is 0 Å². The van der Waals surface area contributed by atoms with Crippen LogP contribution >= 0.6 is 0 Å². The van der Waals surface area contributed by atoms with E-state index < -0.39 is 0 Å². The molecule has 0 aliphatic carbocycles. The summed E-state index contributed by atoms with van der Waals surface area (Å²) in [7, 11) is 0. The van der Waals surface area contributed by atoms with E-state index in [9.17, 15) is 0 Å². The molecule has 0 radical (unpaired) electrons. The van der Waals surface area contributed by atoms with Gasteiger partial charge in [0.05, 0.1) is 23.9 Å². The maximum Gasteiger partial charge on any atom is 0.155 e. The van der Waals surface area contributed by atoms with Crippen LogP contribution in [0.5, 0.6) is 0 Å². The fourth-order valence-corrected chi connectivity index (χ4v) is 4.14. The van der Waals surface area contributed by atoms with Gasteiger partial charge in [0.25, 0.3) is 0 Å². The summed E-state index contributed by atoms with van der Waals surface area (Å²) in [5.41, 5.74) is 5.97. The number of nitrogens with zero attached hydrogens (tertiary/aromatic N) is 4. The topological polar surface area (TPSA) is 46.6 Å². The molecule has 5 heterocycles. The molecule has 2 atom stereocenters. The molecule has 0 N–H and O–H groups in total. The highest BCUT2D eigenvalue weighted by Gasteiger charge is 2.41. The molecule has 2 bridgehead atoms. The molecule has 1 saturated heterocycles. The zero-order valence-corrected chi connectivity index (χ0v) is 12.6. The average Bonchev–Trinajstić information content (AvgIpc) is 3.19. The predicted octanol–water partition coefficient (Wildman–Crippen LogP) is 2.89. The van der Waals surface area contributed by atoms with Crippen LogP contribution in [0.4, 0.5) is 0 Å². The zero-order chi connectivity index (χ0) is 14.7. The first-order valence-corrected chi connectivity index (χ1v) is 7.90. The molecule has 112 valence electrons. The Morgan fingerprint density at radius 3 is 3.18 bits per heavy atom. The van der Waals surface area contributed by atoms with E-state index in [0.717, 1.165) is 24.3 Å². The maximum atomic E-state index is 5.22. The van der Waals surface area contributed by atoms with Crippen molar-refractivity contribution in [3.8, 4) is 0 Å². The molecule has 2 aliphatic heterocycles. The Morgan fingerprint density at radius 2 is 2.32 bits per heavy atom. The van der Waals surface area contributed by atoms with Gasteiger partial charge in [-0.3, -0.25) is 4.90 Å². The molecule has 3 aromatic rings. The molecule has 5 nitrogen and oxygen atoms in total. The largest absolute Gasteiger partial charge is 0.472 e. The van der Waals surface area contributed by atoms with Gasteiger partial charge in [-0.15, -0.1) is 0 Å². The number of furan rings is 1. The van der Waals surface area contributed by atoms with Crippen molar-refractivity contribution >= 4 is 5.65 Å². The standard InChI is InChI=1S/C17H18N4O/c1-11-6-17-18-8-14-15-3-2-13(7-16(14)21(17)19-11)20(15)9-12-4-5-22-10-12/h4-6,8,10,13,15H,2-3,7,9H2,1H3/t13-,15+/m0/s1. The minimum atomic E-state index is 0.463. The van der Waals surface area contributed by atoms with Crippen LogP contribution in [0.3, 0.4) is 0 Å². The van der Waals surface area contributed by atoms with Crippen molar-refractivity contribution in [1.29, 1.82) is 0 Å². The van der Waals surface area contributed by atoms with Crippen LogP contribution in [0, 0.1) is 6.92 Å². The van der Waals surface area contributed by atoms with Crippen molar-refractivity contribution in [1.82, 2.24) is 19.5 Å². The SMILES string of the molecule is Cc1cc2ncc3c(n2n1)C[C@@H]1CC[C@H]3N1Cc1ccoc1. The summed E-state index contributed by atoms with van der Waals surface area (Å²) in [6.07, 6.45) is 9.20. The molecule has 5 heteroatoms. The van der Waals surface area contributed by atoms with Crippen molar-refractivity contribution in [3.63, 3.8) is 0 Å². The second kappa shape index (κ2) is 4.43. The molecule has 22 heavy (non-hydrogen) atoms. The molecule has 3 aromatic heterocycles. The Kier molecular flexibility index (Phi) is 2.50. The van der Waals surface area contributed by atoms with Gasteiger partial charge in [-0.1, -0.05) is 0 Å². The Labute approximate surface area is 128 Å². The Balaban J connectivity index is 1.59. The highest BCUT2D eigenvalue weighted by atomic mass is 16.3. The lowest BCUT2D eigenvalue weighted by Crippen LogP contribution is -2.38. The minimum Gasteiger partial charge on any atom is -0.472 e. The lowest BCUT2D eigenvalue weighted by Gasteiger charge is -2.35. The molecule has 0 amide bonds. The van der Waals surface area contributed by atoms with Crippen LogP contribution in [0.1, 0.15) is 41.4 Å². The summed E-state index contributed by atoms with van der Waals surface area (Å²) >= 11 is 0.